The summed E-state index contributed by atoms with van der Waals surface area (Å²) < 4.78 is 0. The van der Waals surface area contributed by atoms with Gasteiger partial charge in [0.05, 0.1) is 0 Å². The second kappa shape index (κ2) is 5.66. The molecule has 1 atom stereocenters. The summed E-state index contributed by atoms with van der Waals surface area (Å²) >= 11 is 0. The summed E-state index contributed by atoms with van der Waals surface area (Å²) in [6.45, 7) is 6.01. The minimum atomic E-state index is -1.16. The zero-order valence-electron chi connectivity index (χ0n) is 10.8. The van der Waals surface area contributed by atoms with Crippen molar-refractivity contribution in [1.82, 2.24) is 10.2 Å². The van der Waals surface area contributed by atoms with Crippen molar-refractivity contribution in [2.75, 3.05) is 13.1 Å². The van der Waals surface area contributed by atoms with Gasteiger partial charge in [0.2, 0.25) is 0 Å². The van der Waals surface area contributed by atoms with Gasteiger partial charge in [-0.05, 0) is 26.2 Å². The van der Waals surface area contributed by atoms with E-state index in [2.05, 4.69) is 5.32 Å². The number of amides is 3. The van der Waals surface area contributed by atoms with E-state index in [4.69, 9.17) is 5.11 Å². The zero-order valence-corrected chi connectivity index (χ0v) is 10.8. The average Bonchev–Trinajstić information content (AvgIpc) is 2.73. The number of carbonyl (C=O) groups is 3. The lowest BCUT2D eigenvalue weighted by Crippen LogP contribution is -2.42. The molecule has 6 nitrogen and oxygen atoms in total. The number of nitrogens with zero attached hydrogens (tertiary/aromatic N) is 1. The average molecular weight is 254 g/mol. The van der Waals surface area contributed by atoms with Gasteiger partial charge in [0, 0.05) is 24.2 Å². The molecule has 1 aliphatic heterocycles. The molecular weight excluding hydrogens is 236 g/mol. The van der Waals surface area contributed by atoms with Crippen LogP contribution < -0.4 is 5.32 Å². The standard InChI is InChI=1S/C12H18N2O4/c1-7-4-5-14(6-7)12(18)13-10(15)8(2)9(3)11(16)17/h7H,4-6H2,1-3H3,(H,16,17)(H,13,15,18)/b9-8-. The SMILES string of the molecule is C/C(C(=O)O)=C(\C)C(=O)NC(=O)N1CCC(C)C1. The Balaban J connectivity index is 2.63. The van der Waals surface area contributed by atoms with E-state index in [0.717, 1.165) is 6.42 Å². The lowest BCUT2D eigenvalue weighted by atomic mass is 10.1. The molecule has 1 unspecified atom stereocenters. The Labute approximate surface area is 106 Å². The van der Waals surface area contributed by atoms with E-state index in [1.54, 1.807) is 4.90 Å². The molecule has 0 aromatic rings. The highest BCUT2D eigenvalue weighted by molar-refractivity contribution is 6.07. The van der Waals surface area contributed by atoms with Crippen molar-refractivity contribution in [2.45, 2.75) is 27.2 Å². The summed E-state index contributed by atoms with van der Waals surface area (Å²) in [6.07, 6.45) is 0.921. The van der Waals surface area contributed by atoms with Crippen molar-refractivity contribution in [3.63, 3.8) is 0 Å². The fourth-order valence-corrected chi connectivity index (χ4v) is 1.72. The summed E-state index contributed by atoms with van der Waals surface area (Å²) in [5.41, 5.74) is -0.0156. The van der Waals surface area contributed by atoms with Crippen molar-refractivity contribution in [3.05, 3.63) is 11.1 Å². The van der Waals surface area contributed by atoms with Crippen molar-refractivity contribution < 1.29 is 19.5 Å². The Kier molecular flexibility index (Phi) is 4.47. The largest absolute Gasteiger partial charge is 0.478 e. The van der Waals surface area contributed by atoms with E-state index in [1.165, 1.54) is 13.8 Å². The number of urea groups is 1. The first-order valence-corrected chi connectivity index (χ1v) is 5.84. The molecule has 1 heterocycles. The zero-order chi connectivity index (χ0) is 13.9. The first-order chi connectivity index (χ1) is 8.32. The predicted molar refractivity (Wildman–Crippen MR) is 64.9 cm³/mol. The van der Waals surface area contributed by atoms with Crippen LogP contribution in [-0.2, 0) is 9.59 Å². The van der Waals surface area contributed by atoms with Crippen LogP contribution in [0.1, 0.15) is 27.2 Å². The van der Waals surface area contributed by atoms with Crippen LogP contribution in [0.15, 0.2) is 11.1 Å². The van der Waals surface area contributed by atoms with E-state index < -0.39 is 17.9 Å². The lowest BCUT2D eigenvalue weighted by Gasteiger charge is -2.16. The molecule has 3 amide bonds. The normalized spacial score (nSPS) is 20.4. The van der Waals surface area contributed by atoms with Gasteiger partial charge in [-0.15, -0.1) is 0 Å². The molecule has 0 aromatic carbocycles. The molecule has 1 fully saturated rings. The third kappa shape index (κ3) is 3.32. The van der Waals surface area contributed by atoms with Crippen LogP contribution in [0, 0.1) is 5.92 Å². The van der Waals surface area contributed by atoms with Crippen molar-refractivity contribution in [2.24, 2.45) is 5.92 Å². The van der Waals surface area contributed by atoms with Crippen LogP contribution in [0.5, 0.6) is 0 Å². The van der Waals surface area contributed by atoms with Gasteiger partial charge in [-0.2, -0.15) is 0 Å². The van der Waals surface area contributed by atoms with E-state index in [1.807, 2.05) is 6.92 Å². The van der Waals surface area contributed by atoms with Crippen molar-refractivity contribution in [1.29, 1.82) is 0 Å². The Morgan fingerprint density at radius 2 is 1.83 bits per heavy atom. The van der Waals surface area contributed by atoms with Gasteiger partial charge in [0.25, 0.3) is 5.91 Å². The maximum absolute atomic E-state index is 11.7. The number of rotatable bonds is 2. The third-order valence-corrected chi connectivity index (χ3v) is 3.16. The van der Waals surface area contributed by atoms with Gasteiger partial charge in [-0.25, -0.2) is 9.59 Å². The van der Waals surface area contributed by atoms with Crippen LogP contribution in [0.2, 0.25) is 0 Å². The van der Waals surface area contributed by atoms with Crippen LogP contribution in [0.4, 0.5) is 4.79 Å². The number of likely N-dealkylation sites (tertiary alicyclic amines) is 1. The topological polar surface area (TPSA) is 86.7 Å². The highest BCUT2D eigenvalue weighted by Crippen LogP contribution is 2.14. The molecule has 0 bridgehead atoms. The summed E-state index contributed by atoms with van der Waals surface area (Å²) in [5.74, 6) is -1.38. The fraction of sp³-hybridized carbons (Fsp3) is 0.583. The minimum absolute atomic E-state index is 0.0445. The highest BCUT2D eigenvalue weighted by Gasteiger charge is 2.25. The van der Waals surface area contributed by atoms with Crippen LogP contribution in [0.3, 0.4) is 0 Å². The molecule has 0 saturated carbocycles. The number of hydrogen-bond acceptors (Lipinski definition) is 3. The predicted octanol–water partition coefficient (Wildman–Crippen LogP) is 0.985. The maximum Gasteiger partial charge on any atom is 0.331 e. The van der Waals surface area contributed by atoms with E-state index in [0.29, 0.717) is 19.0 Å². The van der Waals surface area contributed by atoms with Crippen LogP contribution in [0.25, 0.3) is 0 Å². The van der Waals surface area contributed by atoms with E-state index >= 15 is 0 Å². The molecule has 18 heavy (non-hydrogen) atoms. The van der Waals surface area contributed by atoms with Gasteiger partial charge >= 0.3 is 12.0 Å². The quantitative estimate of drug-likeness (QED) is 0.719. The smallest absolute Gasteiger partial charge is 0.331 e. The molecule has 0 spiro atoms. The summed E-state index contributed by atoms with van der Waals surface area (Å²) in [5, 5.41) is 11.0. The Hall–Kier alpha value is -1.85. The van der Waals surface area contributed by atoms with Gasteiger partial charge in [-0.3, -0.25) is 10.1 Å². The minimum Gasteiger partial charge on any atom is -0.478 e. The molecule has 1 aliphatic rings. The summed E-state index contributed by atoms with van der Waals surface area (Å²) in [6, 6.07) is -0.457. The van der Waals surface area contributed by atoms with Gasteiger partial charge in [0.1, 0.15) is 0 Å². The van der Waals surface area contributed by atoms with Gasteiger partial charge in [0.15, 0.2) is 0 Å². The fourth-order valence-electron chi connectivity index (χ4n) is 1.72. The molecular formula is C12H18N2O4. The van der Waals surface area contributed by atoms with E-state index in [9.17, 15) is 14.4 Å². The molecule has 100 valence electrons. The summed E-state index contributed by atoms with van der Waals surface area (Å²) in [4.78, 5) is 35.6. The molecule has 1 rings (SSSR count). The number of nitrogens with one attached hydrogen (secondary N) is 1. The highest BCUT2D eigenvalue weighted by atomic mass is 16.4. The molecule has 2 N–H and O–H groups in total. The number of carbonyl (C=O) groups excluding carboxylic acids is 2. The van der Waals surface area contributed by atoms with Crippen molar-refractivity contribution in [3.8, 4) is 0 Å². The number of imide groups is 1. The van der Waals surface area contributed by atoms with Gasteiger partial charge < -0.3 is 10.0 Å². The number of carboxylic acid groups (broad SMARTS) is 1. The monoisotopic (exact) mass is 254 g/mol. The molecule has 6 heteroatoms. The molecule has 0 aromatic heterocycles. The lowest BCUT2D eigenvalue weighted by molar-refractivity contribution is -0.133. The van der Waals surface area contributed by atoms with Crippen LogP contribution >= 0.6 is 0 Å². The first kappa shape index (κ1) is 14.2. The number of hydrogen-bond donors (Lipinski definition) is 2. The first-order valence-electron chi connectivity index (χ1n) is 5.84. The Morgan fingerprint density at radius 1 is 1.22 bits per heavy atom. The molecule has 0 radical (unpaired) electrons. The van der Waals surface area contributed by atoms with Gasteiger partial charge in [-0.1, -0.05) is 6.92 Å². The number of aliphatic carboxylic acids is 1. The molecule has 1 saturated heterocycles. The summed E-state index contributed by atoms with van der Waals surface area (Å²) in [7, 11) is 0. The Bertz CT molecular complexity index is 414. The van der Waals surface area contributed by atoms with Crippen LogP contribution in [-0.4, -0.2) is 41.0 Å². The second-order valence-corrected chi connectivity index (χ2v) is 4.65. The second-order valence-electron chi connectivity index (χ2n) is 4.65. The van der Waals surface area contributed by atoms with Crippen molar-refractivity contribution >= 4 is 17.9 Å². The third-order valence-electron chi connectivity index (χ3n) is 3.16. The van der Waals surface area contributed by atoms with E-state index in [-0.39, 0.29) is 11.1 Å². The number of carboxylic acids is 1. The molecule has 0 aliphatic carbocycles. The Morgan fingerprint density at radius 3 is 2.28 bits per heavy atom. The maximum atomic E-state index is 11.7.